The molecule has 0 spiro atoms. The highest BCUT2D eigenvalue weighted by Crippen LogP contribution is 2.29. The Morgan fingerprint density at radius 3 is 2.04 bits per heavy atom. The van der Waals surface area contributed by atoms with Crippen LogP contribution in [0.5, 0.6) is 0 Å². The van der Waals surface area contributed by atoms with Gasteiger partial charge in [0, 0.05) is 12.6 Å². The molecule has 0 fully saturated rings. The van der Waals surface area contributed by atoms with Crippen molar-refractivity contribution in [2.75, 3.05) is 39.0 Å². The van der Waals surface area contributed by atoms with E-state index in [2.05, 4.69) is 10.6 Å². The van der Waals surface area contributed by atoms with Gasteiger partial charge in [0.15, 0.2) is 0 Å². The van der Waals surface area contributed by atoms with Crippen molar-refractivity contribution in [2.45, 2.75) is 26.3 Å². The fourth-order valence-corrected chi connectivity index (χ4v) is 2.70. The Hall–Kier alpha value is -1.83. The Balaban J connectivity index is 2.51. The topological polar surface area (TPSA) is 81.8 Å². The van der Waals surface area contributed by atoms with Gasteiger partial charge in [-0.3, -0.25) is 19.3 Å². The van der Waals surface area contributed by atoms with Crippen molar-refractivity contribution in [3.8, 4) is 0 Å². The Bertz CT molecular complexity index is 684. The lowest BCUT2D eigenvalue weighted by molar-refractivity contribution is -0.134. The van der Waals surface area contributed by atoms with Crippen LogP contribution in [0.15, 0.2) is 18.2 Å². The number of hydrogen-bond acceptors (Lipinski definition) is 4. The third kappa shape index (κ3) is 8.60. The van der Waals surface area contributed by atoms with E-state index in [9.17, 15) is 14.4 Å². The van der Waals surface area contributed by atoms with Crippen molar-refractivity contribution in [2.24, 2.45) is 0 Å². The lowest BCUT2D eigenvalue weighted by Gasteiger charge is -2.24. The number of anilines is 1. The van der Waals surface area contributed by atoms with Crippen molar-refractivity contribution < 1.29 is 14.4 Å². The number of carbonyl (C=O) groups is 3. The van der Waals surface area contributed by atoms with Crippen LogP contribution in [0, 0.1) is 0 Å². The van der Waals surface area contributed by atoms with Crippen LogP contribution in [0.25, 0.3) is 0 Å². The van der Waals surface area contributed by atoms with Crippen molar-refractivity contribution in [1.29, 1.82) is 0 Å². The minimum absolute atomic E-state index is 0.00813. The van der Waals surface area contributed by atoms with E-state index in [1.165, 1.54) is 11.9 Å². The largest absolute Gasteiger partial charge is 0.350 e. The van der Waals surface area contributed by atoms with Gasteiger partial charge in [0.2, 0.25) is 17.7 Å². The SMILES string of the molecule is CN(CC(=O)NC(C)(C)C)CC(=O)N(C)CC(=O)Nc1c(Cl)cccc1Cl. The monoisotopic (exact) mass is 416 g/mol. The molecule has 0 heterocycles. The van der Waals surface area contributed by atoms with Crippen LogP contribution in [0.4, 0.5) is 5.69 Å². The van der Waals surface area contributed by atoms with E-state index in [0.29, 0.717) is 15.7 Å². The van der Waals surface area contributed by atoms with E-state index in [4.69, 9.17) is 23.2 Å². The first-order chi connectivity index (χ1) is 12.4. The fraction of sp³-hybridized carbons (Fsp3) is 0.500. The van der Waals surface area contributed by atoms with E-state index in [1.807, 2.05) is 20.8 Å². The molecule has 0 unspecified atom stereocenters. The number of amides is 3. The first-order valence-electron chi connectivity index (χ1n) is 8.36. The molecule has 0 aliphatic carbocycles. The molecule has 0 saturated heterocycles. The molecule has 3 amide bonds. The van der Waals surface area contributed by atoms with E-state index in [-0.39, 0.29) is 37.0 Å². The lowest BCUT2D eigenvalue weighted by atomic mass is 10.1. The Kier molecular flexibility index (Phi) is 8.53. The molecule has 0 aliphatic rings. The molecular formula is C18H26Cl2N4O3. The van der Waals surface area contributed by atoms with Gasteiger partial charge < -0.3 is 15.5 Å². The zero-order valence-corrected chi connectivity index (χ0v) is 17.7. The number of halogens is 2. The molecule has 0 aromatic heterocycles. The van der Waals surface area contributed by atoms with Crippen LogP contribution in [0.2, 0.25) is 10.0 Å². The fourth-order valence-electron chi connectivity index (χ4n) is 2.21. The molecule has 0 bridgehead atoms. The molecule has 0 atom stereocenters. The number of likely N-dealkylation sites (N-methyl/N-ethyl adjacent to an activating group) is 2. The second kappa shape index (κ2) is 9.92. The minimum atomic E-state index is -0.422. The maximum absolute atomic E-state index is 12.3. The van der Waals surface area contributed by atoms with Crippen LogP contribution in [-0.2, 0) is 14.4 Å². The first kappa shape index (κ1) is 23.2. The van der Waals surface area contributed by atoms with Crippen molar-refractivity contribution in [3.05, 3.63) is 28.2 Å². The molecule has 27 heavy (non-hydrogen) atoms. The highest BCUT2D eigenvalue weighted by molar-refractivity contribution is 6.39. The molecule has 150 valence electrons. The van der Waals surface area contributed by atoms with Gasteiger partial charge in [-0.1, -0.05) is 29.3 Å². The number of nitrogens with zero attached hydrogens (tertiary/aromatic N) is 2. The van der Waals surface area contributed by atoms with Gasteiger partial charge >= 0.3 is 0 Å². The summed E-state index contributed by atoms with van der Waals surface area (Å²) in [6.45, 7) is 5.57. The summed E-state index contributed by atoms with van der Waals surface area (Å²) in [6.07, 6.45) is 0. The smallest absolute Gasteiger partial charge is 0.244 e. The second-order valence-corrected chi connectivity index (χ2v) is 8.18. The van der Waals surface area contributed by atoms with Crippen LogP contribution in [0.1, 0.15) is 20.8 Å². The summed E-state index contributed by atoms with van der Waals surface area (Å²) < 4.78 is 0. The third-order valence-electron chi connectivity index (χ3n) is 3.37. The molecule has 2 N–H and O–H groups in total. The molecule has 0 saturated carbocycles. The van der Waals surface area contributed by atoms with Gasteiger partial charge in [0.05, 0.1) is 35.4 Å². The molecule has 9 heteroatoms. The molecule has 1 aromatic rings. The number of para-hydroxylation sites is 1. The van der Waals surface area contributed by atoms with E-state index in [1.54, 1.807) is 30.1 Å². The van der Waals surface area contributed by atoms with Crippen LogP contribution in [-0.4, -0.2) is 66.8 Å². The number of rotatable bonds is 7. The standard InChI is InChI=1S/C18H26Cl2N4O3/c1-18(2,3)22-15(26)9-23(4)11-16(27)24(5)10-14(25)21-17-12(19)7-6-8-13(17)20/h6-8H,9-11H2,1-5H3,(H,21,25)(H,22,26). The van der Waals surface area contributed by atoms with Gasteiger partial charge in [0.25, 0.3) is 0 Å². The van der Waals surface area contributed by atoms with E-state index >= 15 is 0 Å². The highest BCUT2D eigenvalue weighted by atomic mass is 35.5. The van der Waals surface area contributed by atoms with Gasteiger partial charge in [0.1, 0.15) is 0 Å². The van der Waals surface area contributed by atoms with Gasteiger partial charge in [-0.2, -0.15) is 0 Å². The van der Waals surface area contributed by atoms with Crippen LogP contribution < -0.4 is 10.6 Å². The van der Waals surface area contributed by atoms with Gasteiger partial charge in [-0.25, -0.2) is 0 Å². The maximum atomic E-state index is 12.3. The Labute approximate surface area is 170 Å². The highest BCUT2D eigenvalue weighted by Gasteiger charge is 2.19. The summed E-state index contributed by atoms with van der Waals surface area (Å²) in [4.78, 5) is 39.2. The Morgan fingerprint density at radius 1 is 0.963 bits per heavy atom. The number of hydrogen-bond donors (Lipinski definition) is 2. The number of carbonyl (C=O) groups excluding carboxylic acids is 3. The summed E-state index contributed by atoms with van der Waals surface area (Å²) in [5.74, 6) is -0.887. The molecule has 1 aromatic carbocycles. The van der Waals surface area contributed by atoms with Crippen molar-refractivity contribution >= 4 is 46.6 Å². The van der Waals surface area contributed by atoms with Gasteiger partial charge in [-0.15, -0.1) is 0 Å². The van der Waals surface area contributed by atoms with Crippen molar-refractivity contribution in [1.82, 2.24) is 15.1 Å². The summed E-state index contributed by atoms with van der Waals surface area (Å²) in [7, 11) is 3.18. The Morgan fingerprint density at radius 2 is 1.52 bits per heavy atom. The predicted molar refractivity (Wildman–Crippen MR) is 108 cm³/mol. The van der Waals surface area contributed by atoms with Crippen molar-refractivity contribution in [3.63, 3.8) is 0 Å². The summed E-state index contributed by atoms with van der Waals surface area (Å²) in [6, 6.07) is 4.88. The first-order valence-corrected chi connectivity index (χ1v) is 9.12. The van der Waals surface area contributed by atoms with Gasteiger partial charge in [-0.05, 0) is 40.0 Å². The number of nitrogens with one attached hydrogen (secondary N) is 2. The molecule has 1 rings (SSSR count). The predicted octanol–water partition coefficient (Wildman–Crippen LogP) is 2.24. The quantitative estimate of drug-likeness (QED) is 0.713. The molecule has 0 radical (unpaired) electrons. The molecular weight excluding hydrogens is 391 g/mol. The average molecular weight is 417 g/mol. The number of benzene rings is 1. The molecule has 0 aliphatic heterocycles. The summed E-state index contributed by atoms with van der Waals surface area (Å²) in [5, 5.41) is 6.06. The third-order valence-corrected chi connectivity index (χ3v) is 4.00. The average Bonchev–Trinajstić information content (AvgIpc) is 2.48. The minimum Gasteiger partial charge on any atom is -0.350 e. The van der Waals surface area contributed by atoms with Crippen LogP contribution in [0.3, 0.4) is 0 Å². The summed E-state index contributed by atoms with van der Waals surface area (Å²) >= 11 is 12.0. The van der Waals surface area contributed by atoms with E-state index < -0.39 is 5.91 Å². The molecule has 7 nitrogen and oxygen atoms in total. The lowest BCUT2D eigenvalue weighted by Crippen LogP contribution is -2.47. The van der Waals surface area contributed by atoms with Crippen LogP contribution >= 0.6 is 23.2 Å². The summed E-state index contributed by atoms with van der Waals surface area (Å²) in [5.41, 5.74) is -0.0285. The normalized spacial score (nSPS) is 11.3. The van der Waals surface area contributed by atoms with E-state index in [0.717, 1.165) is 0 Å². The zero-order chi connectivity index (χ0) is 20.8. The maximum Gasteiger partial charge on any atom is 0.244 e. The zero-order valence-electron chi connectivity index (χ0n) is 16.2. The second-order valence-electron chi connectivity index (χ2n) is 7.37.